The van der Waals surface area contributed by atoms with Gasteiger partial charge in [-0.2, -0.15) is 0 Å². The minimum atomic E-state index is -0.976. The first-order valence-electron chi connectivity index (χ1n) is 6.83. The van der Waals surface area contributed by atoms with E-state index in [4.69, 9.17) is 9.84 Å². The lowest BCUT2D eigenvalue weighted by Crippen LogP contribution is -2.44. The third kappa shape index (κ3) is 3.47. The molecule has 2 fully saturated rings. The van der Waals surface area contributed by atoms with Crippen molar-refractivity contribution in [1.82, 2.24) is 9.80 Å². The molecule has 0 spiro atoms. The summed E-state index contributed by atoms with van der Waals surface area (Å²) in [6.45, 7) is 1.34. The number of aliphatic carboxylic acids is 1. The Kier molecular flexibility index (Phi) is 4.59. The summed E-state index contributed by atoms with van der Waals surface area (Å²) in [5.74, 6) is -1.16. The third-order valence-electron chi connectivity index (χ3n) is 3.89. The lowest BCUT2D eigenvalue weighted by molar-refractivity contribution is -0.147. The predicted octanol–water partition coefficient (Wildman–Crippen LogP) is -0.443. The van der Waals surface area contributed by atoms with Gasteiger partial charge in [-0.3, -0.25) is 9.59 Å². The number of carboxylic acid groups (broad SMARTS) is 1. The molecule has 20 heavy (non-hydrogen) atoms. The fourth-order valence-corrected chi connectivity index (χ4v) is 2.72. The molecule has 7 nitrogen and oxygen atoms in total. The zero-order valence-electron chi connectivity index (χ0n) is 11.6. The van der Waals surface area contributed by atoms with E-state index in [-0.39, 0.29) is 30.4 Å². The molecule has 1 atom stereocenters. The number of carboxylic acids is 1. The number of nitrogens with zero attached hydrogens (tertiary/aromatic N) is 2. The van der Waals surface area contributed by atoms with E-state index < -0.39 is 5.97 Å². The maximum Gasteiger partial charge on any atom is 0.329 e. The van der Waals surface area contributed by atoms with Crippen LogP contribution in [0.3, 0.4) is 0 Å². The van der Waals surface area contributed by atoms with Crippen LogP contribution in [0.25, 0.3) is 0 Å². The summed E-state index contributed by atoms with van der Waals surface area (Å²) in [5.41, 5.74) is 0. The molecule has 0 aliphatic carbocycles. The van der Waals surface area contributed by atoms with E-state index >= 15 is 0 Å². The van der Waals surface area contributed by atoms with Crippen molar-refractivity contribution in [2.24, 2.45) is 5.92 Å². The topological polar surface area (TPSA) is 87.2 Å². The molecule has 2 heterocycles. The fraction of sp³-hybridized carbons (Fsp3) is 0.769. The van der Waals surface area contributed by atoms with E-state index in [0.717, 1.165) is 0 Å². The van der Waals surface area contributed by atoms with Crippen LogP contribution in [0, 0.1) is 5.92 Å². The van der Waals surface area contributed by atoms with E-state index in [1.165, 1.54) is 0 Å². The lowest BCUT2D eigenvalue weighted by atomic mass is 10.0. The number of likely N-dealkylation sites (tertiary alicyclic amines) is 2. The van der Waals surface area contributed by atoms with E-state index in [1.54, 1.807) is 16.8 Å². The first kappa shape index (κ1) is 14.8. The maximum absolute atomic E-state index is 12.3. The summed E-state index contributed by atoms with van der Waals surface area (Å²) < 4.78 is 5.23. The monoisotopic (exact) mass is 284 g/mol. The lowest BCUT2D eigenvalue weighted by Gasteiger charge is -2.33. The van der Waals surface area contributed by atoms with Gasteiger partial charge in [0.1, 0.15) is 6.61 Å². The van der Waals surface area contributed by atoms with E-state index in [9.17, 15) is 14.4 Å². The second-order valence-corrected chi connectivity index (χ2v) is 5.40. The van der Waals surface area contributed by atoms with Gasteiger partial charge in [-0.05, 0) is 12.8 Å². The minimum Gasteiger partial charge on any atom is -0.480 e. The van der Waals surface area contributed by atoms with Crippen molar-refractivity contribution in [3.63, 3.8) is 0 Å². The highest BCUT2D eigenvalue weighted by molar-refractivity contribution is 5.89. The molecule has 0 aromatic heterocycles. The molecule has 2 amide bonds. The molecule has 2 aliphatic rings. The van der Waals surface area contributed by atoms with E-state index in [1.807, 2.05) is 0 Å². The molecule has 1 unspecified atom stereocenters. The van der Waals surface area contributed by atoms with Gasteiger partial charge in [0.05, 0.1) is 12.0 Å². The Morgan fingerprint density at radius 1 is 1.35 bits per heavy atom. The smallest absolute Gasteiger partial charge is 0.329 e. The number of hydrogen-bond acceptors (Lipinski definition) is 4. The van der Waals surface area contributed by atoms with Crippen LogP contribution in [-0.2, 0) is 19.1 Å². The zero-order valence-corrected chi connectivity index (χ0v) is 11.6. The van der Waals surface area contributed by atoms with E-state index in [2.05, 4.69) is 0 Å². The van der Waals surface area contributed by atoms with Crippen molar-refractivity contribution in [2.45, 2.75) is 25.4 Å². The Labute approximate surface area is 117 Å². The normalized spacial score (nSPS) is 24.2. The Morgan fingerprint density at radius 2 is 2.00 bits per heavy atom. The highest BCUT2D eigenvalue weighted by Gasteiger charge is 2.35. The first-order chi connectivity index (χ1) is 9.47. The molecular formula is C13H20N2O5. The molecule has 0 saturated carbocycles. The molecule has 2 rings (SSSR count). The molecular weight excluding hydrogens is 264 g/mol. The molecule has 0 radical (unpaired) electrons. The Balaban J connectivity index is 1.77. The second-order valence-electron chi connectivity index (χ2n) is 5.40. The number of carbonyl (C=O) groups excluding carboxylic acids is 2. The van der Waals surface area contributed by atoms with Crippen molar-refractivity contribution < 1.29 is 24.2 Å². The van der Waals surface area contributed by atoms with Crippen LogP contribution in [0.5, 0.6) is 0 Å². The average Bonchev–Trinajstić information content (AvgIpc) is 2.76. The first-order valence-corrected chi connectivity index (χ1v) is 6.83. The summed E-state index contributed by atoms with van der Waals surface area (Å²) >= 11 is 0. The van der Waals surface area contributed by atoms with Gasteiger partial charge in [-0.1, -0.05) is 0 Å². The number of hydrogen-bond donors (Lipinski definition) is 1. The van der Waals surface area contributed by atoms with Crippen molar-refractivity contribution in [3.8, 4) is 0 Å². The number of ether oxygens (including phenoxy) is 1. The van der Waals surface area contributed by atoms with Gasteiger partial charge in [0, 0.05) is 33.1 Å². The van der Waals surface area contributed by atoms with Crippen molar-refractivity contribution in [1.29, 1.82) is 0 Å². The molecule has 0 aromatic rings. The van der Waals surface area contributed by atoms with Gasteiger partial charge < -0.3 is 19.6 Å². The number of amides is 2. The molecule has 2 aliphatic heterocycles. The summed E-state index contributed by atoms with van der Waals surface area (Å²) in [7, 11) is 1.71. The molecule has 1 N–H and O–H groups in total. The van der Waals surface area contributed by atoms with Gasteiger partial charge in [-0.25, -0.2) is 4.79 Å². The molecule has 2 saturated heterocycles. The van der Waals surface area contributed by atoms with Crippen molar-refractivity contribution in [3.05, 3.63) is 0 Å². The fourth-order valence-electron chi connectivity index (χ4n) is 2.72. The maximum atomic E-state index is 12.3. The standard InChI is InChI=1S/C13H20N2O5/c1-14-7-9(6-11(14)16)13(19)15-4-2-10(3-5-15)20-8-12(17)18/h9-10H,2-8H2,1H3,(H,17,18). The van der Waals surface area contributed by atoms with Crippen LogP contribution in [0.2, 0.25) is 0 Å². The quantitative estimate of drug-likeness (QED) is 0.756. The van der Waals surface area contributed by atoms with Gasteiger partial charge in [0.25, 0.3) is 0 Å². The SMILES string of the molecule is CN1CC(C(=O)N2CCC(OCC(=O)O)CC2)CC1=O. The molecule has 0 aromatic carbocycles. The molecule has 112 valence electrons. The number of piperidine rings is 1. The number of carbonyl (C=O) groups is 3. The predicted molar refractivity (Wildman–Crippen MR) is 68.9 cm³/mol. The van der Waals surface area contributed by atoms with Crippen LogP contribution in [0.1, 0.15) is 19.3 Å². The average molecular weight is 284 g/mol. The zero-order chi connectivity index (χ0) is 14.7. The van der Waals surface area contributed by atoms with Crippen LogP contribution in [-0.4, -0.2) is 72.1 Å². The van der Waals surface area contributed by atoms with Gasteiger partial charge in [0.2, 0.25) is 11.8 Å². The third-order valence-corrected chi connectivity index (χ3v) is 3.89. The Hall–Kier alpha value is -1.63. The molecule has 0 bridgehead atoms. The van der Waals surface area contributed by atoms with Gasteiger partial charge >= 0.3 is 5.97 Å². The van der Waals surface area contributed by atoms with Crippen LogP contribution >= 0.6 is 0 Å². The highest BCUT2D eigenvalue weighted by Crippen LogP contribution is 2.21. The largest absolute Gasteiger partial charge is 0.480 e. The van der Waals surface area contributed by atoms with Gasteiger partial charge in [-0.15, -0.1) is 0 Å². The van der Waals surface area contributed by atoms with E-state index in [0.29, 0.717) is 38.9 Å². The van der Waals surface area contributed by atoms with Gasteiger partial charge in [0.15, 0.2) is 0 Å². The number of rotatable bonds is 4. The minimum absolute atomic E-state index is 0.0167. The van der Waals surface area contributed by atoms with Crippen LogP contribution in [0.15, 0.2) is 0 Å². The Bertz CT molecular complexity index is 404. The Morgan fingerprint density at radius 3 is 2.50 bits per heavy atom. The van der Waals surface area contributed by atoms with Crippen LogP contribution in [0.4, 0.5) is 0 Å². The summed E-state index contributed by atoms with van der Waals surface area (Å²) in [6, 6.07) is 0. The molecule has 7 heteroatoms. The van der Waals surface area contributed by atoms with Crippen LogP contribution < -0.4 is 0 Å². The summed E-state index contributed by atoms with van der Waals surface area (Å²) in [5, 5.41) is 8.55. The summed E-state index contributed by atoms with van der Waals surface area (Å²) in [4.78, 5) is 37.5. The highest BCUT2D eigenvalue weighted by atomic mass is 16.5. The summed E-state index contributed by atoms with van der Waals surface area (Å²) in [6.07, 6.45) is 1.50. The van der Waals surface area contributed by atoms with Crippen molar-refractivity contribution >= 4 is 17.8 Å². The van der Waals surface area contributed by atoms with Crippen molar-refractivity contribution in [2.75, 3.05) is 33.3 Å². The second kappa shape index (κ2) is 6.21.